The van der Waals surface area contributed by atoms with Crippen molar-refractivity contribution in [3.63, 3.8) is 0 Å². The minimum Gasteiger partial charge on any atom is -0.443 e. The molecule has 1 aromatic heterocycles. The number of hydrogen-bond acceptors (Lipinski definition) is 3. The third-order valence-corrected chi connectivity index (χ3v) is 2.65. The predicted octanol–water partition coefficient (Wildman–Crippen LogP) is 2.77. The van der Waals surface area contributed by atoms with Gasteiger partial charge in [0.2, 0.25) is 0 Å². The molecule has 4 nitrogen and oxygen atoms in total. The molecular weight excluding hydrogens is 216 g/mol. The molecular formula is C13H18N2O2. The van der Waals surface area contributed by atoms with Crippen molar-refractivity contribution in [2.45, 2.75) is 45.8 Å². The Morgan fingerprint density at radius 3 is 2.88 bits per heavy atom. The summed E-state index contributed by atoms with van der Waals surface area (Å²) in [5.74, 6) is 0. The first kappa shape index (κ1) is 11.9. The van der Waals surface area contributed by atoms with Gasteiger partial charge < -0.3 is 4.74 Å². The van der Waals surface area contributed by atoms with Crippen molar-refractivity contribution in [2.24, 2.45) is 0 Å². The average Bonchev–Trinajstić information content (AvgIpc) is 2.50. The fraction of sp³-hybridized carbons (Fsp3) is 0.538. The van der Waals surface area contributed by atoms with E-state index in [9.17, 15) is 4.79 Å². The highest BCUT2D eigenvalue weighted by molar-refractivity contribution is 5.90. The number of carbonyl (C=O) groups excluding carboxylic acids is 1. The van der Waals surface area contributed by atoms with E-state index in [0.717, 1.165) is 17.8 Å². The van der Waals surface area contributed by atoms with Crippen LogP contribution < -0.4 is 4.90 Å². The first-order valence-corrected chi connectivity index (χ1v) is 5.84. The molecule has 0 radical (unpaired) electrons. The lowest BCUT2D eigenvalue weighted by atomic mass is 10.2. The standard InChI is InChI=1S/C13H18N2O2/c1-9-8-10-11(6-5-7-14-10)15(9)12(16)17-13(2,3)4/h5-7,9H,8H2,1-4H3. The Kier molecular flexibility index (Phi) is 2.81. The lowest BCUT2D eigenvalue weighted by Gasteiger charge is -2.27. The highest BCUT2D eigenvalue weighted by Gasteiger charge is 2.34. The van der Waals surface area contributed by atoms with Crippen LogP contribution in [0.3, 0.4) is 0 Å². The number of ether oxygens (including phenoxy) is 1. The van der Waals surface area contributed by atoms with Crippen molar-refractivity contribution in [1.82, 2.24) is 4.98 Å². The van der Waals surface area contributed by atoms with Gasteiger partial charge in [0.25, 0.3) is 0 Å². The van der Waals surface area contributed by atoms with E-state index in [4.69, 9.17) is 4.74 Å². The largest absolute Gasteiger partial charge is 0.443 e. The fourth-order valence-corrected chi connectivity index (χ4v) is 2.00. The number of aromatic nitrogens is 1. The highest BCUT2D eigenvalue weighted by atomic mass is 16.6. The number of rotatable bonds is 0. The van der Waals surface area contributed by atoms with E-state index >= 15 is 0 Å². The molecule has 17 heavy (non-hydrogen) atoms. The SMILES string of the molecule is CC1Cc2ncccc2N1C(=O)OC(C)(C)C. The molecule has 0 N–H and O–H groups in total. The second kappa shape index (κ2) is 4.02. The van der Waals surface area contributed by atoms with Crippen LogP contribution in [-0.4, -0.2) is 22.7 Å². The molecule has 1 aliphatic heterocycles. The molecule has 2 heterocycles. The lowest BCUT2D eigenvalue weighted by molar-refractivity contribution is 0.0572. The molecule has 0 aliphatic carbocycles. The number of hydrogen-bond donors (Lipinski definition) is 0. The molecule has 0 aromatic carbocycles. The second-order valence-electron chi connectivity index (χ2n) is 5.37. The van der Waals surface area contributed by atoms with Gasteiger partial charge in [-0.05, 0) is 39.8 Å². The van der Waals surface area contributed by atoms with Crippen molar-refractivity contribution in [1.29, 1.82) is 0 Å². The Balaban J connectivity index is 2.25. The van der Waals surface area contributed by atoms with Crippen molar-refractivity contribution >= 4 is 11.8 Å². The molecule has 0 spiro atoms. The van der Waals surface area contributed by atoms with Gasteiger partial charge in [-0.2, -0.15) is 0 Å². The van der Waals surface area contributed by atoms with Crippen LogP contribution in [0.5, 0.6) is 0 Å². The van der Waals surface area contributed by atoms with Crippen molar-refractivity contribution in [2.75, 3.05) is 4.90 Å². The first-order valence-electron chi connectivity index (χ1n) is 5.84. The molecule has 1 unspecified atom stereocenters. The molecule has 1 aliphatic rings. The van der Waals surface area contributed by atoms with Crippen molar-refractivity contribution in [3.05, 3.63) is 24.0 Å². The molecule has 4 heteroatoms. The Labute approximate surface area is 102 Å². The quantitative estimate of drug-likeness (QED) is 0.693. The van der Waals surface area contributed by atoms with E-state index in [1.807, 2.05) is 39.8 Å². The average molecular weight is 234 g/mol. The van der Waals surface area contributed by atoms with E-state index < -0.39 is 5.60 Å². The summed E-state index contributed by atoms with van der Waals surface area (Å²) in [4.78, 5) is 18.1. The Hall–Kier alpha value is -1.58. The van der Waals surface area contributed by atoms with Gasteiger partial charge in [-0.3, -0.25) is 9.88 Å². The van der Waals surface area contributed by atoms with Gasteiger partial charge in [-0.1, -0.05) is 0 Å². The maximum Gasteiger partial charge on any atom is 0.415 e. The van der Waals surface area contributed by atoms with Gasteiger partial charge in [0.05, 0.1) is 11.4 Å². The maximum absolute atomic E-state index is 12.1. The van der Waals surface area contributed by atoms with Crippen LogP contribution in [0.15, 0.2) is 18.3 Å². The van der Waals surface area contributed by atoms with Crippen LogP contribution in [0.4, 0.5) is 10.5 Å². The second-order valence-corrected chi connectivity index (χ2v) is 5.37. The molecule has 0 saturated heterocycles. The first-order chi connectivity index (χ1) is 7.88. The van der Waals surface area contributed by atoms with Gasteiger partial charge in [-0.25, -0.2) is 4.79 Å². The summed E-state index contributed by atoms with van der Waals surface area (Å²) in [5.41, 5.74) is 1.36. The monoisotopic (exact) mass is 234 g/mol. The number of anilines is 1. The van der Waals surface area contributed by atoms with E-state index in [2.05, 4.69) is 4.98 Å². The molecule has 1 amide bonds. The van der Waals surface area contributed by atoms with Gasteiger partial charge in [0.1, 0.15) is 5.60 Å². The Bertz CT molecular complexity index is 437. The minimum absolute atomic E-state index is 0.106. The Morgan fingerprint density at radius 2 is 2.24 bits per heavy atom. The van der Waals surface area contributed by atoms with Crippen molar-refractivity contribution < 1.29 is 9.53 Å². The van der Waals surface area contributed by atoms with Crippen LogP contribution in [-0.2, 0) is 11.2 Å². The summed E-state index contributed by atoms with van der Waals surface area (Å²) in [5, 5.41) is 0. The predicted molar refractivity (Wildman–Crippen MR) is 66.1 cm³/mol. The Morgan fingerprint density at radius 1 is 1.53 bits per heavy atom. The summed E-state index contributed by atoms with van der Waals surface area (Å²) >= 11 is 0. The van der Waals surface area contributed by atoms with Gasteiger partial charge in [0, 0.05) is 18.7 Å². The highest BCUT2D eigenvalue weighted by Crippen LogP contribution is 2.31. The van der Waals surface area contributed by atoms with Crippen LogP contribution in [0.2, 0.25) is 0 Å². The zero-order valence-corrected chi connectivity index (χ0v) is 10.7. The fourth-order valence-electron chi connectivity index (χ4n) is 2.00. The van der Waals surface area contributed by atoms with Crippen LogP contribution in [0.1, 0.15) is 33.4 Å². The summed E-state index contributed by atoms with van der Waals surface area (Å²) < 4.78 is 5.41. The van der Waals surface area contributed by atoms with Crippen LogP contribution in [0, 0.1) is 0 Å². The zero-order chi connectivity index (χ0) is 12.6. The van der Waals surface area contributed by atoms with Crippen molar-refractivity contribution in [3.8, 4) is 0 Å². The third-order valence-electron chi connectivity index (χ3n) is 2.65. The van der Waals surface area contributed by atoms with Crippen LogP contribution >= 0.6 is 0 Å². The molecule has 0 fully saturated rings. The van der Waals surface area contributed by atoms with Gasteiger partial charge in [-0.15, -0.1) is 0 Å². The molecule has 0 saturated carbocycles. The number of pyridine rings is 1. The summed E-state index contributed by atoms with van der Waals surface area (Å²) in [6.45, 7) is 7.62. The molecule has 1 aromatic rings. The van der Waals surface area contributed by atoms with E-state index in [1.54, 1.807) is 11.1 Å². The zero-order valence-electron chi connectivity index (χ0n) is 10.7. The number of carbonyl (C=O) groups is 1. The smallest absolute Gasteiger partial charge is 0.415 e. The summed E-state index contributed by atoms with van der Waals surface area (Å²) in [7, 11) is 0. The summed E-state index contributed by atoms with van der Waals surface area (Å²) in [6, 6.07) is 3.86. The number of amides is 1. The van der Waals surface area contributed by atoms with E-state index in [-0.39, 0.29) is 12.1 Å². The van der Waals surface area contributed by atoms with Gasteiger partial charge >= 0.3 is 6.09 Å². The minimum atomic E-state index is -0.470. The third kappa shape index (κ3) is 2.40. The number of fused-ring (bicyclic) bond motifs is 1. The van der Waals surface area contributed by atoms with Gasteiger partial charge in [0.15, 0.2) is 0 Å². The summed E-state index contributed by atoms with van der Waals surface area (Å²) in [6.07, 6.45) is 2.25. The molecule has 92 valence electrons. The van der Waals surface area contributed by atoms with E-state index in [0.29, 0.717) is 0 Å². The maximum atomic E-state index is 12.1. The number of nitrogens with zero attached hydrogens (tertiary/aromatic N) is 2. The molecule has 1 atom stereocenters. The lowest BCUT2D eigenvalue weighted by Crippen LogP contribution is -2.40. The molecule has 0 bridgehead atoms. The van der Waals surface area contributed by atoms with Crippen LogP contribution in [0.25, 0.3) is 0 Å². The molecule has 2 rings (SSSR count). The normalized spacial score (nSPS) is 19.1. The van der Waals surface area contributed by atoms with E-state index in [1.165, 1.54) is 0 Å². The topological polar surface area (TPSA) is 42.4 Å².